The average molecular weight is 250 g/mol. The molecule has 1 aliphatic heterocycles. The van der Waals surface area contributed by atoms with Crippen LogP contribution >= 0.6 is 0 Å². The van der Waals surface area contributed by atoms with Gasteiger partial charge in [-0.2, -0.15) is 0 Å². The molecule has 0 spiro atoms. The van der Waals surface area contributed by atoms with Gasteiger partial charge in [0.05, 0.1) is 5.69 Å². The quantitative estimate of drug-likeness (QED) is 0.823. The molecule has 0 atom stereocenters. The Hall–Kier alpha value is -0.900. The highest BCUT2D eigenvalue weighted by Gasteiger charge is 2.21. The molecule has 1 fully saturated rings. The smallest absolute Gasteiger partial charge is 0.0830 e. The maximum Gasteiger partial charge on any atom is 0.0830 e. The Kier molecular flexibility index (Phi) is 4.38. The standard InChI is InChI=1S/C14H26N4/c1-11(2)17-7-5-13(6-8-17)9-14-10-18(12(3)4)16-15-14/h10-13H,5-9H2,1-4H3. The summed E-state index contributed by atoms with van der Waals surface area (Å²) in [5.41, 5.74) is 1.16. The maximum absolute atomic E-state index is 4.29. The fraction of sp³-hybridized carbons (Fsp3) is 0.857. The summed E-state index contributed by atoms with van der Waals surface area (Å²) in [6.45, 7) is 11.3. The molecule has 0 amide bonds. The minimum absolute atomic E-state index is 0.411. The summed E-state index contributed by atoms with van der Waals surface area (Å²) in [5, 5.41) is 8.47. The number of hydrogen-bond acceptors (Lipinski definition) is 3. The number of hydrogen-bond donors (Lipinski definition) is 0. The lowest BCUT2D eigenvalue weighted by atomic mass is 9.92. The Balaban J connectivity index is 1.84. The second-order valence-corrected chi connectivity index (χ2v) is 6.06. The lowest BCUT2D eigenvalue weighted by Crippen LogP contribution is -2.38. The van der Waals surface area contributed by atoms with Gasteiger partial charge in [0.25, 0.3) is 0 Å². The van der Waals surface area contributed by atoms with Crippen molar-refractivity contribution in [3.8, 4) is 0 Å². The van der Waals surface area contributed by atoms with Crippen molar-refractivity contribution >= 4 is 0 Å². The zero-order chi connectivity index (χ0) is 13.1. The summed E-state index contributed by atoms with van der Waals surface area (Å²) in [7, 11) is 0. The van der Waals surface area contributed by atoms with Crippen molar-refractivity contribution in [3.63, 3.8) is 0 Å². The minimum Gasteiger partial charge on any atom is -0.301 e. The fourth-order valence-electron chi connectivity index (χ4n) is 2.63. The van der Waals surface area contributed by atoms with Crippen molar-refractivity contribution < 1.29 is 0 Å². The molecule has 1 aromatic heterocycles. The Morgan fingerprint density at radius 2 is 1.83 bits per heavy atom. The van der Waals surface area contributed by atoms with Gasteiger partial charge in [0, 0.05) is 18.3 Å². The second-order valence-electron chi connectivity index (χ2n) is 6.06. The largest absolute Gasteiger partial charge is 0.301 e. The molecular formula is C14H26N4. The highest BCUT2D eigenvalue weighted by Crippen LogP contribution is 2.22. The van der Waals surface area contributed by atoms with Crippen molar-refractivity contribution in [1.82, 2.24) is 19.9 Å². The maximum atomic E-state index is 4.29. The van der Waals surface area contributed by atoms with Crippen LogP contribution in [0, 0.1) is 5.92 Å². The highest BCUT2D eigenvalue weighted by atomic mass is 15.4. The molecule has 0 aromatic carbocycles. The number of likely N-dealkylation sites (tertiary alicyclic amines) is 1. The molecule has 0 N–H and O–H groups in total. The van der Waals surface area contributed by atoms with Crippen LogP contribution in [-0.2, 0) is 6.42 Å². The van der Waals surface area contributed by atoms with Crippen LogP contribution in [0.25, 0.3) is 0 Å². The first-order chi connectivity index (χ1) is 8.56. The van der Waals surface area contributed by atoms with Crippen LogP contribution in [-0.4, -0.2) is 39.0 Å². The molecule has 0 unspecified atom stereocenters. The molecule has 0 aliphatic carbocycles. The molecule has 1 aliphatic rings. The highest BCUT2D eigenvalue weighted by molar-refractivity contribution is 4.96. The Morgan fingerprint density at radius 1 is 1.17 bits per heavy atom. The third kappa shape index (κ3) is 3.31. The molecule has 1 saturated heterocycles. The van der Waals surface area contributed by atoms with E-state index in [-0.39, 0.29) is 0 Å². The number of nitrogens with zero attached hydrogens (tertiary/aromatic N) is 4. The first kappa shape index (κ1) is 13.5. The molecule has 0 saturated carbocycles. The molecule has 4 nitrogen and oxygen atoms in total. The normalized spacial score (nSPS) is 19.0. The predicted octanol–water partition coefficient (Wildman–Crippen LogP) is 2.52. The van der Waals surface area contributed by atoms with Gasteiger partial charge in [-0.3, -0.25) is 0 Å². The van der Waals surface area contributed by atoms with Crippen LogP contribution in [0.3, 0.4) is 0 Å². The molecule has 2 heterocycles. The van der Waals surface area contributed by atoms with Gasteiger partial charge in [0.1, 0.15) is 0 Å². The Bertz CT molecular complexity index is 362. The summed E-state index contributed by atoms with van der Waals surface area (Å²) < 4.78 is 1.96. The third-order valence-electron chi connectivity index (χ3n) is 3.96. The fourth-order valence-corrected chi connectivity index (χ4v) is 2.63. The van der Waals surface area contributed by atoms with Gasteiger partial charge in [0.2, 0.25) is 0 Å². The summed E-state index contributed by atoms with van der Waals surface area (Å²) in [6.07, 6.45) is 5.80. The molecular weight excluding hydrogens is 224 g/mol. The van der Waals surface area contributed by atoms with Crippen LogP contribution in [0.2, 0.25) is 0 Å². The Labute approximate surface area is 110 Å². The molecule has 0 bridgehead atoms. The second kappa shape index (κ2) is 5.83. The van der Waals surface area contributed by atoms with Crippen LogP contribution in [0.1, 0.15) is 52.3 Å². The molecule has 4 heteroatoms. The first-order valence-corrected chi connectivity index (χ1v) is 7.21. The summed E-state index contributed by atoms with van der Waals surface area (Å²) in [5.74, 6) is 0.789. The van der Waals surface area contributed by atoms with E-state index < -0.39 is 0 Å². The molecule has 18 heavy (non-hydrogen) atoms. The minimum atomic E-state index is 0.411. The van der Waals surface area contributed by atoms with E-state index in [1.807, 2.05) is 4.68 Å². The first-order valence-electron chi connectivity index (χ1n) is 7.21. The molecule has 2 rings (SSSR count). The van der Waals surface area contributed by atoms with Crippen molar-refractivity contribution in [3.05, 3.63) is 11.9 Å². The predicted molar refractivity (Wildman–Crippen MR) is 73.5 cm³/mol. The van der Waals surface area contributed by atoms with E-state index in [1.165, 1.54) is 25.9 Å². The van der Waals surface area contributed by atoms with Crippen molar-refractivity contribution in [1.29, 1.82) is 0 Å². The van der Waals surface area contributed by atoms with E-state index >= 15 is 0 Å². The van der Waals surface area contributed by atoms with Crippen molar-refractivity contribution in [2.75, 3.05) is 13.1 Å². The van der Waals surface area contributed by atoms with Gasteiger partial charge in [-0.05, 0) is 66.0 Å². The lowest BCUT2D eigenvalue weighted by Gasteiger charge is -2.34. The van der Waals surface area contributed by atoms with E-state index in [1.54, 1.807) is 0 Å². The molecule has 102 valence electrons. The van der Waals surface area contributed by atoms with E-state index in [0.717, 1.165) is 18.0 Å². The summed E-state index contributed by atoms with van der Waals surface area (Å²) in [6, 6.07) is 1.10. The monoisotopic (exact) mass is 250 g/mol. The topological polar surface area (TPSA) is 34.0 Å². The number of piperidine rings is 1. The van der Waals surface area contributed by atoms with Gasteiger partial charge in [-0.25, -0.2) is 4.68 Å². The average Bonchev–Trinajstić information content (AvgIpc) is 2.78. The van der Waals surface area contributed by atoms with Gasteiger partial charge in [-0.15, -0.1) is 5.10 Å². The van der Waals surface area contributed by atoms with Crippen molar-refractivity contribution in [2.45, 2.75) is 59.0 Å². The summed E-state index contributed by atoms with van der Waals surface area (Å²) >= 11 is 0. The van der Waals surface area contributed by atoms with Crippen LogP contribution in [0.5, 0.6) is 0 Å². The van der Waals surface area contributed by atoms with Gasteiger partial charge >= 0.3 is 0 Å². The zero-order valence-electron chi connectivity index (χ0n) is 12.1. The van der Waals surface area contributed by atoms with Gasteiger partial charge < -0.3 is 4.90 Å². The zero-order valence-corrected chi connectivity index (χ0v) is 12.1. The SMILES string of the molecule is CC(C)N1CCC(Cc2cn(C(C)C)nn2)CC1. The Morgan fingerprint density at radius 3 is 2.33 bits per heavy atom. The van der Waals surface area contributed by atoms with E-state index in [0.29, 0.717) is 12.1 Å². The third-order valence-corrected chi connectivity index (χ3v) is 3.96. The number of aromatic nitrogens is 3. The lowest BCUT2D eigenvalue weighted by molar-refractivity contribution is 0.149. The van der Waals surface area contributed by atoms with Crippen molar-refractivity contribution in [2.24, 2.45) is 5.92 Å². The molecule has 0 radical (unpaired) electrons. The van der Waals surface area contributed by atoms with Gasteiger partial charge in [-0.1, -0.05) is 5.21 Å². The van der Waals surface area contributed by atoms with E-state index in [4.69, 9.17) is 0 Å². The van der Waals surface area contributed by atoms with Gasteiger partial charge in [0.15, 0.2) is 0 Å². The van der Waals surface area contributed by atoms with Crippen LogP contribution in [0.15, 0.2) is 6.20 Å². The summed E-state index contributed by atoms with van der Waals surface area (Å²) in [4.78, 5) is 2.57. The van der Waals surface area contributed by atoms with Crippen LogP contribution in [0.4, 0.5) is 0 Å². The van der Waals surface area contributed by atoms with E-state index in [9.17, 15) is 0 Å². The van der Waals surface area contributed by atoms with Crippen LogP contribution < -0.4 is 0 Å². The molecule has 1 aromatic rings. The van der Waals surface area contributed by atoms with E-state index in [2.05, 4.69) is 49.1 Å². The number of rotatable bonds is 4.